The van der Waals surface area contributed by atoms with Crippen LogP contribution in [0.15, 0.2) is 15.8 Å². The van der Waals surface area contributed by atoms with Gasteiger partial charge in [-0.2, -0.15) is 0 Å². The molecule has 2 rings (SSSR count). The maximum Gasteiger partial charge on any atom is 0.330 e. The Balaban J connectivity index is 0.000000680. The molecule has 206 valence electrons. The first-order chi connectivity index (χ1) is 16.4. The number of nitrogens with one attached hydrogen (secondary N) is 3. The van der Waals surface area contributed by atoms with Gasteiger partial charge in [0, 0.05) is 18.2 Å². The van der Waals surface area contributed by atoms with E-state index in [1.807, 2.05) is 0 Å². The van der Waals surface area contributed by atoms with E-state index in [-0.39, 0.29) is 12.0 Å². The van der Waals surface area contributed by atoms with Crippen LogP contribution in [0, 0.1) is 6.92 Å². The molecule has 1 aliphatic rings. The first kappa shape index (κ1) is 33.6. The summed E-state index contributed by atoms with van der Waals surface area (Å²) in [5, 5.41) is 9.75. The minimum atomic E-state index is -5.17. The summed E-state index contributed by atoms with van der Waals surface area (Å²) in [5.74, 6) is 0. The van der Waals surface area contributed by atoms with Crippen molar-refractivity contribution in [3.8, 4) is 0 Å². The van der Waals surface area contributed by atoms with Crippen molar-refractivity contribution in [3.63, 3.8) is 0 Å². The Morgan fingerprint density at radius 2 is 1.51 bits per heavy atom. The molecule has 1 fully saturated rings. The maximum atomic E-state index is 11.7. The van der Waals surface area contributed by atoms with E-state index in [0.717, 1.165) is 4.57 Å². The van der Waals surface area contributed by atoms with Crippen molar-refractivity contribution in [2.75, 3.05) is 45.9 Å². The SMILES string of the molecule is CC[NH+](CC)CC.CC[NH+](CC)CC.Cc1cn([C@H]2C[C@H](O)[C@@H](COP(=O)([O-])[O-])O2)c(=O)[nH]c1=O. The predicted molar refractivity (Wildman–Crippen MR) is 129 cm³/mol. The summed E-state index contributed by atoms with van der Waals surface area (Å²) in [4.78, 5) is 49.2. The van der Waals surface area contributed by atoms with Gasteiger partial charge in [-0.3, -0.25) is 14.3 Å². The Bertz CT molecular complexity index is 841. The maximum absolute atomic E-state index is 11.7. The molecule has 1 aromatic rings. The lowest BCUT2D eigenvalue weighted by atomic mass is 10.2. The second kappa shape index (κ2) is 17.1. The molecule has 0 saturated carbocycles. The summed E-state index contributed by atoms with van der Waals surface area (Å²) in [6.45, 7) is 21.8. The van der Waals surface area contributed by atoms with Gasteiger partial charge in [-0.15, -0.1) is 0 Å². The zero-order valence-electron chi connectivity index (χ0n) is 22.2. The third-order valence-electron chi connectivity index (χ3n) is 6.06. The molecule has 1 aromatic heterocycles. The number of aromatic amines is 1. The molecule has 12 nitrogen and oxygen atoms in total. The average molecular weight is 525 g/mol. The smallest absolute Gasteiger partial charge is 0.330 e. The van der Waals surface area contributed by atoms with E-state index in [0.29, 0.717) is 0 Å². The number of aryl methyl sites for hydroxylation is 1. The Morgan fingerprint density at radius 1 is 1.06 bits per heavy atom. The lowest BCUT2D eigenvalue weighted by molar-refractivity contribution is -0.894. The number of ether oxygens (including phenoxy) is 1. The van der Waals surface area contributed by atoms with E-state index in [1.165, 1.54) is 52.4 Å². The van der Waals surface area contributed by atoms with Crippen LogP contribution in [0.4, 0.5) is 0 Å². The van der Waals surface area contributed by atoms with Crippen LogP contribution in [0.5, 0.6) is 0 Å². The zero-order chi connectivity index (χ0) is 27.2. The highest BCUT2D eigenvalue weighted by molar-refractivity contribution is 7.43. The van der Waals surface area contributed by atoms with Gasteiger partial charge in [-0.1, -0.05) is 0 Å². The topological polar surface area (TPSA) is 166 Å². The van der Waals surface area contributed by atoms with E-state index in [2.05, 4.69) is 51.1 Å². The van der Waals surface area contributed by atoms with Crippen molar-refractivity contribution < 1.29 is 38.5 Å². The van der Waals surface area contributed by atoms with Gasteiger partial charge in [0.25, 0.3) is 5.56 Å². The molecular weight excluding hydrogens is 479 g/mol. The van der Waals surface area contributed by atoms with Crippen LogP contribution in [-0.2, 0) is 13.8 Å². The summed E-state index contributed by atoms with van der Waals surface area (Å²) in [5.41, 5.74) is -0.980. The fraction of sp³-hybridized carbons (Fsp3) is 0.818. The fourth-order valence-electron chi connectivity index (χ4n) is 3.50. The molecule has 0 unspecified atom stereocenters. The summed E-state index contributed by atoms with van der Waals surface area (Å²) in [7, 11) is -5.17. The standard InChI is InChI=1S/C10H15N2O8P.2C6H15N/c1-5-3-12(10(15)11-9(5)14)8-2-6(13)7(20-8)4-19-21(16,17)18;2*1-4-7(5-2)6-3/h3,6-8,13H,2,4H2,1H3,(H,11,14,15)(H2,16,17,18);2*4-6H2,1-3H3/t6-,7+,8+;;/m0../s1. The molecule has 0 bridgehead atoms. The monoisotopic (exact) mass is 524 g/mol. The Morgan fingerprint density at radius 3 is 1.89 bits per heavy atom. The lowest BCUT2D eigenvalue weighted by Gasteiger charge is -2.30. The van der Waals surface area contributed by atoms with Crippen LogP contribution in [-0.4, -0.2) is 72.7 Å². The van der Waals surface area contributed by atoms with E-state index < -0.39 is 44.1 Å². The van der Waals surface area contributed by atoms with Gasteiger partial charge in [-0.25, -0.2) is 4.79 Å². The van der Waals surface area contributed by atoms with Crippen molar-refractivity contribution in [2.24, 2.45) is 0 Å². The molecule has 3 atom stereocenters. The van der Waals surface area contributed by atoms with Crippen molar-refractivity contribution >= 4 is 7.82 Å². The second-order valence-corrected chi connectivity index (χ2v) is 9.43. The first-order valence-corrected chi connectivity index (χ1v) is 13.8. The van der Waals surface area contributed by atoms with Gasteiger partial charge >= 0.3 is 5.69 Å². The van der Waals surface area contributed by atoms with Crippen LogP contribution >= 0.6 is 7.82 Å². The molecular formula is C22H45N4O8P. The summed E-state index contributed by atoms with van der Waals surface area (Å²) < 4.78 is 20.8. The van der Waals surface area contributed by atoms with Crippen LogP contribution in [0.25, 0.3) is 0 Å². The predicted octanol–water partition coefficient (Wildman–Crippen LogP) is -2.80. The zero-order valence-corrected chi connectivity index (χ0v) is 23.1. The molecule has 1 saturated heterocycles. The molecule has 1 aliphatic heterocycles. The number of phosphoric acid groups is 1. The Kier molecular flexibility index (Phi) is 16.5. The Labute approximate surface area is 208 Å². The molecule has 0 aromatic carbocycles. The summed E-state index contributed by atoms with van der Waals surface area (Å²) >= 11 is 0. The molecule has 2 heterocycles. The number of hydrogen-bond donors (Lipinski definition) is 4. The highest BCUT2D eigenvalue weighted by atomic mass is 31.2. The van der Waals surface area contributed by atoms with Gasteiger partial charge in [0.05, 0.1) is 59.8 Å². The summed E-state index contributed by atoms with van der Waals surface area (Å²) in [6.07, 6.45) is -1.81. The van der Waals surface area contributed by atoms with Crippen molar-refractivity contribution in [3.05, 3.63) is 32.6 Å². The van der Waals surface area contributed by atoms with Crippen LogP contribution < -0.4 is 30.8 Å². The van der Waals surface area contributed by atoms with Gasteiger partial charge in [0.15, 0.2) is 0 Å². The number of phosphoric ester groups is 1. The van der Waals surface area contributed by atoms with Gasteiger partial charge < -0.3 is 38.5 Å². The second-order valence-electron chi connectivity index (χ2n) is 8.28. The number of aliphatic hydroxyl groups excluding tert-OH is 1. The number of hydrogen-bond acceptors (Lipinski definition) is 8. The quantitative estimate of drug-likeness (QED) is 0.238. The number of aliphatic hydroxyl groups is 1. The lowest BCUT2D eigenvalue weighted by Crippen LogP contribution is -3.11. The molecule has 35 heavy (non-hydrogen) atoms. The molecule has 0 aliphatic carbocycles. The third kappa shape index (κ3) is 12.9. The molecule has 0 spiro atoms. The highest BCUT2D eigenvalue weighted by Gasteiger charge is 2.35. The molecule has 0 amide bonds. The Hall–Kier alpha value is -1.37. The summed E-state index contributed by atoms with van der Waals surface area (Å²) in [6, 6.07) is 0. The first-order valence-electron chi connectivity index (χ1n) is 12.4. The molecule has 0 radical (unpaired) electrons. The highest BCUT2D eigenvalue weighted by Crippen LogP contribution is 2.31. The van der Waals surface area contributed by atoms with Gasteiger partial charge in [0.1, 0.15) is 12.3 Å². The number of nitrogens with zero attached hydrogens (tertiary/aromatic N) is 1. The van der Waals surface area contributed by atoms with E-state index in [1.54, 1.807) is 9.80 Å². The van der Waals surface area contributed by atoms with Crippen molar-refractivity contribution in [2.45, 2.75) is 73.3 Å². The minimum Gasteiger partial charge on any atom is -0.790 e. The van der Waals surface area contributed by atoms with Crippen LogP contribution in [0.3, 0.4) is 0 Å². The fourth-order valence-corrected chi connectivity index (χ4v) is 3.83. The average Bonchev–Trinajstić information content (AvgIpc) is 3.18. The van der Waals surface area contributed by atoms with Crippen molar-refractivity contribution in [1.29, 1.82) is 0 Å². The number of quaternary nitrogens is 2. The van der Waals surface area contributed by atoms with E-state index in [9.17, 15) is 29.0 Å². The van der Waals surface area contributed by atoms with E-state index >= 15 is 0 Å². The van der Waals surface area contributed by atoms with Crippen LogP contribution in [0.2, 0.25) is 0 Å². The molecule has 4 N–H and O–H groups in total. The number of rotatable bonds is 10. The molecule has 13 heteroatoms. The number of aromatic nitrogens is 2. The van der Waals surface area contributed by atoms with E-state index in [4.69, 9.17) is 4.74 Å². The number of H-pyrrole nitrogens is 1. The normalized spacial score (nSPS) is 19.8. The van der Waals surface area contributed by atoms with Gasteiger partial charge in [0.2, 0.25) is 0 Å². The van der Waals surface area contributed by atoms with Crippen molar-refractivity contribution in [1.82, 2.24) is 9.55 Å². The third-order valence-corrected chi connectivity index (χ3v) is 6.52. The minimum absolute atomic E-state index is 0.0125. The van der Waals surface area contributed by atoms with Crippen LogP contribution in [0.1, 0.15) is 59.8 Å². The van der Waals surface area contributed by atoms with Gasteiger partial charge in [-0.05, 0) is 48.5 Å². The largest absolute Gasteiger partial charge is 0.790 e.